The number of hydrogen-bond acceptors (Lipinski definition) is 9. The zero-order valence-corrected chi connectivity index (χ0v) is 17.6. The summed E-state index contributed by atoms with van der Waals surface area (Å²) in [5, 5.41) is 20.9. The molecule has 0 aliphatic rings. The van der Waals surface area contributed by atoms with E-state index < -0.39 is 17.3 Å². The van der Waals surface area contributed by atoms with Crippen LogP contribution in [0.15, 0.2) is 21.4 Å². The van der Waals surface area contributed by atoms with Crippen molar-refractivity contribution in [3.63, 3.8) is 0 Å². The topological polar surface area (TPSA) is 123 Å². The minimum atomic E-state index is -3.95. The van der Waals surface area contributed by atoms with Crippen LogP contribution in [-0.4, -0.2) is 31.2 Å². The first-order valence-electron chi connectivity index (χ1n) is 5.22. The lowest BCUT2D eigenvalue weighted by molar-refractivity contribution is -0.432. The number of carboxylic acid groups (broad SMARTS) is 1. The van der Waals surface area contributed by atoms with Gasteiger partial charge >= 0.3 is 5.97 Å². The first-order chi connectivity index (χ1) is 10.6. The van der Waals surface area contributed by atoms with Crippen LogP contribution in [0.25, 0.3) is 10.2 Å². The first-order valence-corrected chi connectivity index (χ1v) is 10.6. The Labute approximate surface area is 162 Å². The van der Waals surface area contributed by atoms with Crippen molar-refractivity contribution >= 4 is 97.2 Å². The molecule has 14 heteroatoms. The zero-order chi connectivity index (χ0) is 17.4. The van der Waals surface area contributed by atoms with Gasteiger partial charge in [0.2, 0.25) is 15.7 Å². The molecule has 0 spiro atoms. The highest BCUT2D eigenvalue weighted by Crippen LogP contribution is 2.45. The Bertz CT molecular complexity index is 861. The van der Waals surface area contributed by atoms with Gasteiger partial charge in [-0.25, -0.2) is 23.5 Å². The van der Waals surface area contributed by atoms with Crippen LogP contribution in [-0.2, 0) is 19.2 Å². The molecule has 2 N–H and O–H groups in total. The normalized spacial score (nSPS) is 12.7. The number of halogens is 3. The van der Waals surface area contributed by atoms with Crippen molar-refractivity contribution in [3.05, 3.63) is 17.7 Å². The van der Waals surface area contributed by atoms with Crippen molar-refractivity contribution in [3.8, 4) is 0 Å². The van der Waals surface area contributed by atoms with Gasteiger partial charge in [0.25, 0.3) is 0 Å². The highest BCUT2D eigenvalue weighted by Gasteiger charge is 2.40. The highest BCUT2D eigenvalue weighted by molar-refractivity contribution is 9.42. The summed E-state index contributed by atoms with van der Waals surface area (Å²) >= 11 is 10.0. The number of hydrogen-bond donors (Lipinski definition) is 2. The molecule has 0 saturated carbocycles. The largest absolute Gasteiger partial charge is 0.478 e. The molecule has 0 amide bonds. The van der Waals surface area contributed by atoms with E-state index in [4.69, 9.17) is 5.26 Å². The van der Waals surface area contributed by atoms with Gasteiger partial charge in [-0.3, -0.25) is 0 Å². The Morgan fingerprint density at radius 1 is 1.35 bits per heavy atom. The minimum absolute atomic E-state index is 0.147. The molecule has 0 aliphatic heterocycles. The number of nitrogens with zero attached hydrogens (tertiary/aromatic N) is 1. The monoisotopic (exact) mass is 571 g/mol. The minimum Gasteiger partial charge on any atom is -0.478 e. The van der Waals surface area contributed by atoms with Crippen molar-refractivity contribution < 1.29 is 32.9 Å². The number of aromatic carboxylic acids is 1. The van der Waals surface area contributed by atoms with Crippen LogP contribution in [0.4, 0.5) is 0 Å². The molecular formula is C9H4Br3NO7S3. The van der Waals surface area contributed by atoms with Crippen LogP contribution < -0.4 is 0 Å². The molecule has 0 aliphatic carbocycles. The van der Waals surface area contributed by atoms with Gasteiger partial charge < -0.3 is 5.11 Å². The van der Waals surface area contributed by atoms with Gasteiger partial charge in [0.15, 0.2) is 0 Å². The number of thiazole rings is 1. The highest BCUT2D eigenvalue weighted by atomic mass is 80.0. The number of carbonyl (C=O) groups is 1. The summed E-state index contributed by atoms with van der Waals surface area (Å²) in [7, 11) is -3.95. The molecule has 0 bridgehead atoms. The zero-order valence-electron chi connectivity index (χ0n) is 10.4. The number of fused-ring (bicyclic) bond motifs is 1. The number of rotatable bonds is 5. The lowest BCUT2D eigenvalue weighted by Crippen LogP contribution is -2.17. The molecule has 2 rings (SSSR count). The smallest absolute Gasteiger partial charge is 0.337 e. The second-order valence-electron chi connectivity index (χ2n) is 3.78. The average Bonchev–Trinajstić information content (AvgIpc) is 2.87. The molecule has 0 radical (unpaired) electrons. The molecule has 0 unspecified atom stereocenters. The van der Waals surface area contributed by atoms with Gasteiger partial charge in [0.1, 0.15) is 0 Å². The Morgan fingerprint density at radius 2 is 2.00 bits per heavy atom. The third-order valence-electron chi connectivity index (χ3n) is 2.37. The summed E-state index contributed by atoms with van der Waals surface area (Å²) in [5.74, 6) is -1.27. The number of carboxylic acids is 1. The lowest BCUT2D eigenvalue weighted by Gasteiger charge is -2.09. The summed E-state index contributed by atoms with van der Waals surface area (Å²) in [6.07, 6.45) is 0. The standard InChI is InChI=1S/C9H4Br3NO7S3/c10-9(11,12)23(17,18)8-13-5-2-3(22-20-19-16)1-4(7(14)15)6(5)21-8/h1-2,16H,(H,14,15). The number of aromatic nitrogens is 1. The Kier molecular flexibility index (Phi) is 6.12. The Morgan fingerprint density at radius 3 is 2.52 bits per heavy atom. The van der Waals surface area contributed by atoms with E-state index in [-0.39, 0.29) is 25.0 Å². The number of sulfone groups is 1. The fraction of sp³-hybridized carbons (Fsp3) is 0.111. The molecule has 126 valence electrons. The van der Waals surface area contributed by atoms with Crippen LogP contribution >= 0.6 is 71.2 Å². The number of benzene rings is 1. The quantitative estimate of drug-likeness (QED) is 0.236. The van der Waals surface area contributed by atoms with E-state index in [1.807, 2.05) is 0 Å². The first kappa shape index (κ1) is 19.5. The summed E-state index contributed by atoms with van der Waals surface area (Å²) in [4.78, 5) is 15.6. The maximum Gasteiger partial charge on any atom is 0.337 e. The van der Waals surface area contributed by atoms with Gasteiger partial charge in [-0.15, -0.1) is 15.7 Å². The molecule has 1 aromatic carbocycles. The Hall–Kier alpha value is 0.200. The van der Waals surface area contributed by atoms with E-state index in [2.05, 4.69) is 62.1 Å². The fourth-order valence-corrected chi connectivity index (χ4v) is 6.51. The van der Waals surface area contributed by atoms with Crippen LogP contribution in [0.2, 0.25) is 0 Å². The maximum atomic E-state index is 12.3. The third kappa shape index (κ3) is 4.07. The van der Waals surface area contributed by atoms with E-state index in [9.17, 15) is 18.3 Å². The molecule has 2 aromatic rings. The van der Waals surface area contributed by atoms with Crippen molar-refractivity contribution in [1.29, 1.82) is 0 Å². The Balaban J connectivity index is 2.67. The van der Waals surface area contributed by atoms with Crippen LogP contribution in [0.5, 0.6) is 0 Å². The summed E-state index contributed by atoms with van der Waals surface area (Å²) in [5.41, 5.74) is -0.0101. The van der Waals surface area contributed by atoms with Gasteiger partial charge in [0, 0.05) is 4.90 Å². The average molecular weight is 574 g/mol. The number of alkyl halides is 3. The molecule has 0 saturated heterocycles. The van der Waals surface area contributed by atoms with Crippen molar-refractivity contribution in [2.45, 2.75) is 10.7 Å². The van der Waals surface area contributed by atoms with Gasteiger partial charge in [-0.1, -0.05) is 5.04 Å². The van der Waals surface area contributed by atoms with Crippen molar-refractivity contribution in [2.24, 2.45) is 0 Å². The molecular weight excluding hydrogens is 570 g/mol. The van der Waals surface area contributed by atoms with Gasteiger partial charge in [-0.05, 0) is 59.9 Å². The van der Waals surface area contributed by atoms with Gasteiger partial charge in [-0.2, -0.15) is 0 Å². The van der Waals surface area contributed by atoms with E-state index in [0.29, 0.717) is 12.0 Å². The van der Waals surface area contributed by atoms with Crippen LogP contribution in [0.1, 0.15) is 10.4 Å². The summed E-state index contributed by atoms with van der Waals surface area (Å²) in [6.45, 7) is 0. The molecule has 0 fully saturated rings. The lowest BCUT2D eigenvalue weighted by atomic mass is 10.2. The predicted molar refractivity (Wildman–Crippen MR) is 93.9 cm³/mol. The summed E-state index contributed by atoms with van der Waals surface area (Å²) < 4.78 is 27.2. The van der Waals surface area contributed by atoms with Crippen molar-refractivity contribution in [2.75, 3.05) is 0 Å². The van der Waals surface area contributed by atoms with E-state index >= 15 is 0 Å². The SMILES string of the molecule is O=C(O)c1cc(SOOO)cc2nc(S(=O)(=O)C(Br)(Br)Br)sc12. The third-order valence-corrected chi connectivity index (χ3v) is 9.73. The van der Waals surface area contributed by atoms with Crippen LogP contribution in [0.3, 0.4) is 0 Å². The fourth-order valence-electron chi connectivity index (χ4n) is 1.46. The molecule has 1 aromatic heterocycles. The van der Waals surface area contributed by atoms with E-state index in [1.54, 1.807) is 0 Å². The molecule has 23 heavy (non-hydrogen) atoms. The van der Waals surface area contributed by atoms with Crippen LogP contribution in [0, 0.1) is 0 Å². The summed E-state index contributed by atoms with van der Waals surface area (Å²) in [6, 6.07) is 2.64. The second kappa shape index (κ2) is 7.21. The van der Waals surface area contributed by atoms with Crippen molar-refractivity contribution in [1.82, 2.24) is 4.98 Å². The molecule has 8 nitrogen and oxygen atoms in total. The van der Waals surface area contributed by atoms with Gasteiger partial charge in [0.05, 0.1) is 27.8 Å². The second-order valence-corrected chi connectivity index (χ2v) is 16.2. The van der Waals surface area contributed by atoms with E-state index in [1.165, 1.54) is 12.1 Å². The van der Waals surface area contributed by atoms with E-state index in [0.717, 1.165) is 11.3 Å². The molecule has 1 heterocycles. The maximum absolute atomic E-state index is 12.3. The predicted octanol–water partition coefficient (Wildman–Crippen LogP) is 3.99. The molecule has 0 atom stereocenters.